The fourth-order valence-corrected chi connectivity index (χ4v) is 3.57. The van der Waals surface area contributed by atoms with Crippen molar-refractivity contribution in [1.82, 2.24) is 0 Å². The van der Waals surface area contributed by atoms with Gasteiger partial charge in [-0.3, -0.25) is 4.79 Å². The van der Waals surface area contributed by atoms with E-state index in [4.69, 9.17) is 0 Å². The van der Waals surface area contributed by atoms with E-state index in [9.17, 15) is 4.79 Å². The van der Waals surface area contributed by atoms with Crippen LogP contribution in [0.2, 0.25) is 0 Å². The monoisotopic (exact) mass is 372 g/mol. The number of hydrogen-bond donors (Lipinski definition) is 0. The first-order valence-electron chi connectivity index (χ1n) is 5.05. The Balaban J connectivity index is 2.52. The van der Waals surface area contributed by atoms with E-state index < -0.39 is 0 Å². The summed E-state index contributed by atoms with van der Waals surface area (Å²) in [5, 5.41) is 1.92. The number of carbonyl (C=O) groups is 1. The van der Waals surface area contributed by atoms with Crippen molar-refractivity contribution in [2.75, 3.05) is 0 Å². The highest BCUT2D eigenvalue weighted by Gasteiger charge is 2.16. The fourth-order valence-electron chi connectivity index (χ4n) is 1.60. The summed E-state index contributed by atoms with van der Waals surface area (Å²) < 4.78 is 1.91. The molecular weight excluding hydrogens is 364 g/mol. The summed E-state index contributed by atoms with van der Waals surface area (Å²) in [6.45, 7) is 3.95. The molecule has 0 N–H and O–H groups in total. The standard InChI is InChI=1S/C13H10Br2OS/c1-7-6-11(15)8(2)5-9(7)12(16)13-10(14)3-4-17-13/h3-6H,1-2H3. The molecule has 0 saturated carbocycles. The molecule has 0 radical (unpaired) electrons. The summed E-state index contributed by atoms with van der Waals surface area (Å²) in [5.74, 6) is 0.0833. The van der Waals surface area contributed by atoms with Crippen molar-refractivity contribution < 1.29 is 4.79 Å². The molecule has 0 fully saturated rings. The molecule has 0 saturated heterocycles. The minimum absolute atomic E-state index is 0.0833. The Morgan fingerprint density at radius 1 is 1.12 bits per heavy atom. The van der Waals surface area contributed by atoms with Crippen molar-refractivity contribution in [3.8, 4) is 0 Å². The van der Waals surface area contributed by atoms with E-state index in [1.54, 1.807) is 0 Å². The Labute approximate surface area is 121 Å². The van der Waals surface area contributed by atoms with E-state index in [0.29, 0.717) is 0 Å². The number of carbonyl (C=O) groups excluding carboxylic acids is 1. The largest absolute Gasteiger partial charge is 0.288 e. The highest BCUT2D eigenvalue weighted by atomic mass is 79.9. The Morgan fingerprint density at radius 2 is 1.82 bits per heavy atom. The van der Waals surface area contributed by atoms with Crippen molar-refractivity contribution in [2.45, 2.75) is 13.8 Å². The summed E-state index contributed by atoms with van der Waals surface area (Å²) in [7, 11) is 0. The Kier molecular flexibility index (Phi) is 3.85. The van der Waals surface area contributed by atoms with E-state index in [0.717, 1.165) is 30.5 Å². The zero-order valence-electron chi connectivity index (χ0n) is 9.38. The van der Waals surface area contributed by atoms with Crippen LogP contribution in [0, 0.1) is 13.8 Å². The SMILES string of the molecule is Cc1cc(C(=O)c2sccc2Br)c(C)cc1Br. The molecule has 1 heterocycles. The molecule has 0 unspecified atom stereocenters. The number of aryl methyl sites for hydroxylation is 2. The van der Waals surface area contributed by atoms with Gasteiger partial charge in [0.1, 0.15) is 0 Å². The summed E-state index contributed by atoms with van der Waals surface area (Å²) >= 11 is 8.34. The predicted octanol–water partition coefficient (Wildman–Crippen LogP) is 5.12. The van der Waals surface area contributed by atoms with Gasteiger partial charge in [0.25, 0.3) is 0 Å². The molecule has 0 bridgehead atoms. The smallest absolute Gasteiger partial charge is 0.204 e. The van der Waals surface area contributed by atoms with Crippen molar-refractivity contribution in [2.24, 2.45) is 0 Å². The second-order valence-electron chi connectivity index (χ2n) is 3.84. The number of hydrogen-bond acceptors (Lipinski definition) is 2. The van der Waals surface area contributed by atoms with E-state index in [2.05, 4.69) is 31.9 Å². The average molecular weight is 374 g/mol. The lowest BCUT2D eigenvalue weighted by atomic mass is 10.0. The van der Waals surface area contributed by atoms with Crippen LogP contribution in [-0.2, 0) is 0 Å². The average Bonchev–Trinajstić information content (AvgIpc) is 2.69. The topological polar surface area (TPSA) is 17.1 Å². The molecule has 0 amide bonds. The number of thiophene rings is 1. The van der Waals surface area contributed by atoms with Crippen LogP contribution in [0.25, 0.3) is 0 Å². The molecule has 0 spiro atoms. The minimum Gasteiger partial charge on any atom is -0.288 e. The normalized spacial score (nSPS) is 10.6. The molecule has 0 atom stereocenters. The quantitative estimate of drug-likeness (QED) is 0.667. The summed E-state index contributed by atoms with van der Waals surface area (Å²) in [6.07, 6.45) is 0. The van der Waals surface area contributed by atoms with Gasteiger partial charge in [-0.1, -0.05) is 15.9 Å². The van der Waals surface area contributed by atoms with E-state index in [1.807, 2.05) is 37.4 Å². The Morgan fingerprint density at radius 3 is 2.41 bits per heavy atom. The maximum absolute atomic E-state index is 12.4. The van der Waals surface area contributed by atoms with Crippen LogP contribution in [-0.4, -0.2) is 5.78 Å². The highest BCUT2D eigenvalue weighted by molar-refractivity contribution is 9.10. The Bertz CT molecular complexity index is 587. The number of rotatable bonds is 2. The Hall–Kier alpha value is -0.450. The summed E-state index contributed by atoms with van der Waals surface area (Å²) in [4.78, 5) is 13.1. The predicted molar refractivity (Wildman–Crippen MR) is 79.1 cm³/mol. The highest BCUT2D eigenvalue weighted by Crippen LogP contribution is 2.28. The molecule has 17 heavy (non-hydrogen) atoms. The molecule has 1 aromatic heterocycles. The van der Waals surface area contributed by atoms with Crippen molar-refractivity contribution in [3.05, 3.63) is 54.1 Å². The molecule has 0 aliphatic heterocycles. The van der Waals surface area contributed by atoms with Gasteiger partial charge < -0.3 is 0 Å². The lowest BCUT2D eigenvalue weighted by Crippen LogP contribution is -2.03. The molecule has 1 aromatic carbocycles. The van der Waals surface area contributed by atoms with Gasteiger partial charge >= 0.3 is 0 Å². The summed E-state index contributed by atoms with van der Waals surface area (Å²) in [5.41, 5.74) is 2.84. The molecule has 88 valence electrons. The van der Waals surface area contributed by atoms with Gasteiger partial charge in [0, 0.05) is 14.5 Å². The van der Waals surface area contributed by atoms with Crippen molar-refractivity contribution in [3.63, 3.8) is 0 Å². The van der Waals surface area contributed by atoms with Crippen LogP contribution in [0.15, 0.2) is 32.5 Å². The van der Waals surface area contributed by atoms with E-state index in [-0.39, 0.29) is 5.78 Å². The molecule has 0 aliphatic carbocycles. The van der Waals surface area contributed by atoms with Gasteiger partial charge in [-0.25, -0.2) is 0 Å². The lowest BCUT2D eigenvalue weighted by Gasteiger charge is -2.07. The molecule has 1 nitrogen and oxygen atoms in total. The number of benzene rings is 1. The van der Waals surface area contributed by atoms with Crippen LogP contribution in [0.1, 0.15) is 26.4 Å². The maximum Gasteiger partial charge on any atom is 0.204 e. The third-order valence-electron chi connectivity index (χ3n) is 2.57. The first-order chi connectivity index (χ1) is 8.00. The van der Waals surface area contributed by atoms with Crippen LogP contribution in [0.5, 0.6) is 0 Å². The van der Waals surface area contributed by atoms with Gasteiger partial charge in [0.05, 0.1) is 4.88 Å². The lowest BCUT2D eigenvalue weighted by molar-refractivity contribution is 0.104. The second-order valence-corrected chi connectivity index (χ2v) is 6.47. The fraction of sp³-hybridized carbons (Fsp3) is 0.154. The number of halogens is 2. The third-order valence-corrected chi connectivity index (χ3v) is 5.26. The maximum atomic E-state index is 12.4. The van der Waals surface area contributed by atoms with Crippen LogP contribution < -0.4 is 0 Å². The van der Waals surface area contributed by atoms with Gasteiger partial charge in [0.2, 0.25) is 5.78 Å². The van der Waals surface area contributed by atoms with Gasteiger partial charge in [0.15, 0.2) is 0 Å². The minimum atomic E-state index is 0.0833. The van der Waals surface area contributed by atoms with Gasteiger partial charge in [-0.05, 0) is 64.5 Å². The zero-order chi connectivity index (χ0) is 12.6. The van der Waals surface area contributed by atoms with Gasteiger partial charge in [-0.2, -0.15) is 0 Å². The zero-order valence-corrected chi connectivity index (χ0v) is 13.4. The first kappa shape index (κ1) is 13.0. The first-order valence-corrected chi connectivity index (χ1v) is 7.51. The molecule has 4 heteroatoms. The van der Waals surface area contributed by atoms with Gasteiger partial charge in [-0.15, -0.1) is 11.3 Å². The number of ketones is 1. The van der Waals surface area contributed by atoms with Crippen molar-refractivity contribution in [1.29, 1.82) is 0 Å². The molecule has 2 rings (SSSR count). The van der Waals surface area contributed by atoms with Crippen LogP contribution in [0.4, 0.5) is 0 Å². The van der Waals surface area contributed by atoms with E-state index in [1.165, 1.54) is 11.3 Å². The van der Waals surface area contributed by atoms with Crippen molar-refractivity contribution >= 4 is 49.0 Å². The van der Waals surface area contributed by atoms with E-state index >= 15 is 0 Å². The second kappa shape index (κ2) is 5.04. The molecule has 2 aromatic rings. The molecular formula is C13H10Br2OS. The third kappa shape index (κ3) is 2.54. The van der Waals surface area contributed by atoms with Crippen LogP contribution in [0.3, 0.4) is 0 Å². The van der Waals surface area contributed by atoms with Crippen LogP contribution >= 0.6 is 43.2 Å². The molecule has 0 aliphatic rings. The summed E-state index contributed by atoms with van der Waals surface area (Å²) in [6, 6.07) is 5.83.